The van der Waals surface area contributed by atoms with Gasteiger partial charge in [-0.3, -0.25) is 0 Å². The molecule has 0 aliphatic heterocycles. The Morgan fingerprint density at radius 2 is 1.96 bits per heavy atom. The lowest BCUT2D eigenvalue weighted by molar-refractivity contribution is 0.0164. The molecule has 0 aromatic heterocycles. The van der Waals surface area contributed by atoms with Gasteiger partial charge in [0.2, 0.25) is 0 Å². The first-order valence-electron chi connectivity index (χ1n) is 7.74. The third-order valence-corrected chi connectivity index (χ3v) is 3.74. The van der Waals surface area contributed by atoms with Crippen molar-refractivity contribution in [1.82, 2.24) is 5.32 Å². The van der Waals surface area contributed by atoms with Crippen LogP contribution in [0.2, 0.25) is 0 Å². The maximum Gasteiger partial charge on any atom is 0.407 e. The fraction of sp³-hybridized carbons (Fsp3) is 0.278. The second kappa shape index (κ2) is 8.46. The van der Waals surface area contributed by atoms with Crippen LogP contribution in [0.1, 0.15) is 22.8 Å². The van der Waals surface area contributed by atoms with E-state index >= 15 is 0 Å². The van der Waals surface area contributed by atoms with Gasteiger partial charge in [0.25, 0.3) is 0 Å². The molecule has 2 rings (SSSR count). The van der Waals surface area contributed by atoms with Crippen LogP contribution in [-0.4, -0.2) is 29.0 Å². The van der Waals surface area contributed by atoms with Crippen LogP contribution in [0.3, 0.4) is 0 Å². The molecule has 0 aliphatic rings. The van der Waals surface area contributed by atoms with Crippen LogP contribution in [0.15, 0.2) is 42.5 Å². The number of nitrogens with one attached hydrogen (secondary N) is 1. The molecule has 25 heavy (non-hydrogen) atoms. The summed E-state index contributed by atoms with van der Waals surface area (Å²) in [6.07, 6.45) is -3.65. The van der Waals surface area contributed by atoms with Crippen LogP contribution >= 0.6 is 0 Å². The predicted octanol–water partition coefficient (Wildman–Crippen LogP) is 2.04. The van der Waals surface area contributed by atoms with Gasteiger partial charge in [0.1, 0.15) is 24.6 Å². The van der Waals surface area contributed by atoms with Crippen LogP contribution in [0.25, 0.3) is 0 Å². The van der Waals surface area contributed by atoms with Crippen molar-refractivity contribution in [3.05, 3.63) is 65.0 Å². The average molecular weight is 348 g/mol. The number of rotatable bonds is 6. The normalized spacial score (nSPS) is 13.1. The van der Waals surface area contributed by atoms with E-state index in [9.17, 15) is 19.4 Å². The maximum atomic E-state index is 13.9. The molecule has 0 heterocycles. The number of anilines is 1. The topological polar surface area (TPSA) is 105 Å². The Bertz CT molecular complexity index is 725. The third-order valence-electron chi connectivity index (χ3n) is 3.74. The predicted molar refractivity (Wildman–Crippen MR) is 91.1 cm³/mol. The van der Waals surface area contributed by atoms with E-state index in [2.05, 4.69) is 5.32 Å². The van der Waals surface area contributed by atoms with E-state index in [1.807, 2.05) is 18.2 Å². The SMILES string of the molecule is Cc1cc(C(O)C(O)CNC(=O)OCc2ccccc2)c(F)cc1N. The van der Waals surface area contributed by atoms with Crippen LogP contribution in [0.5, 0.6) is 0 Å². The van der Waals surface area contributed by atoms with Crippen molar-refractivity contribution in [1.29, 1.82) is 0 Å². The molecule has 134 valence electrons. The van der Waals surface area contributed by atoms with Gasteiger partial charge < -0.3 is 26.0 Å². The van der Waals surface area contributed by atoms with E-state index in [0.29, 0.717) is 5.56 Å². The summed E-state index contributed by atoms with van der Waals surface area (Å²) in [6.45, 7) is 1.45. The molecule has 2 atom stereocenters. The standard InChI is InChI=1S/C18H21FN2O4/c1-11-7-13(14(19)8-15(11)20)17(23)16(22)9-21-18(24)25-10-12-5-3-2-4-6-12/h2-8,16-17,22-23H,9-10,20H2,1H3,(H,21,24). The number of amides is 1. The highest BCUT2D eigenvalue weighted by atomic mass is 19.1. The fourth-order valence-corrected chi connectivity index (χ4v) is 2.23. The number of aliphatic hydroxyl groups is 2. The molecule has 7 heteroatoms. The van der Waals surface area contributed by atoms with Crippen LogP contribution in [-0.2, 0) is 11.3 Å². The molecule has 0 saturated carbocycles. The average Bonchev–Trinajstić information content (AvgIpc) is 2.61. The number of nitrogens with two attached hydrogens (primary N) is 1. The fourth-order valence-electron chi connectivity index (χ4n) is 2.23. The number of carbonyl (C=O) groups is 1. The van der Waals surface area contributed by atoms with Gasteiger partial charge >= 0.3 is 6.09 Å². The van der Waals surface area contributed by atoms with E-state index < -0.39 is 24.1 Å². The van der Waals surface area contributed by atoms with Gasteiger partial charge in [0.05, 0.1) is 0 Å². The summed E-state index contributed by atoms with van der Waals surface area (Å²) in [7, 11) is 0. The second-order valence-corrected chi connectivity index (χ2v) is 5.69. The van der Waals surface area contributed by atoms with E-state index in [1.54, 1.807) is 19.1 Å². The molecule has 2 aromatic carbocycles. The summed E-state index contributed by atoms with van der Waals surface area (Å²) >= 11 is 0. The lowest BCUT2D eigenvalue weighted by atomic mass is 10.0. The number of hydrogen-bond donors (Lipinski definition) is 4. The number of ether oxygens (including phenoxy) is 1. The summed E-state index contributed by atoms with van der Waals surface area (Å²) in [5.74, 6) is -0.721. The van der Waals surface area contributed by atoms with Crippen molar-refractivity contribution in [3.63, 3.8) is 0 Å². The Morgan fingerprint density at radius 1 is 1.28 bits per heavy atom. The van der Waals surface area contributed by atoms with E-state index in [-0.39, 0.29) is 24.4 Å². The highest BCUT2D eigenvalue weighted by Crippen LogP contribution is 2.24. The van der Waals surface area contributed by atoms with E-state index in [0.717, 1.165) is 11.6 Å². The first kappa shape index (κ1) is 18.7. The number of alkyl carbamates (subject to hydrolysis) is 1. The number of benzene rings is 2. The first-order valence-corrected chi connectivity index (χ1v) is 7.74. The van der Waals surface area contributed by atoms with Crippen LogP contribution in [0, 0.1) is 12.7 Å². The molecule has 0 spiro atoms. The van der Waals surface area contributed by atoms with Gasteiger partial charge in [-0.25, -0.2) is 9.18 Å². The molecular formula is C18H21FN2O4. The van der Waals surface area contributed by atoms with Gasteiger partial charge in [-0.1, -0.05) is 30.3 Å². The lowest BCUT2D eigenvalue weighted by Crippen LogP contribution is -2.36. The van der Waals surface area contributed by atoms with Crippen LogP contribution in [0.4, 0.5) is 14.9 Å². The molecule has 0 fully saturated rings. The first-order chi connectivity index (χ1) is 11.9. The Balaban J connectivity index is 1.86. The number of aryl methyl sites for hydroxylation is 1. The number of halogens is 1. The Labute approximate surface area is 145 Å². The molecule has 6 nitrogen and oxygen atoms in total. The van der Waals surface area contributed by atoms with Gasteiger partial charge in [0, 0.05) is 17.8 Å². The highest BCUT2D eigenvalue weighted by molar-refractivity contribution is 5.67. The van der Waals surface area contributed by atoms with Crippen molar-refractivity contribution in [3.8, 4) is 0 Å². The highest BCUT2D eigenvalue weighted by Gasteiger charge is 2.23. The number of hydrogen-bond acceptors (Lipinski definition) is 5. The largest absolute Gasteiger partial charge is 0.445 e. The minimum Gasteiger partial charge on any atom is -0.445 e. The minimum atomic E-state index is -1.51. The van der Waals surface area contributed by atoms with E-state index in [4.69, 9.17) is 10.5 Å². The molecular weight excluding hydrogens is 327 g/mol. The molecule has 1 amide bonds. The van der Waals surface area contributed by atoms with Crippen molar-refractivity contribution in [2.75, 3.05) is 12.3 Å². The third kappa shape index (κ3) is 5.17. The molecule has 0 aliphatic carbocycles. The number of aliphatic hydroxyl groups excluding tert-OH is 2. The number of carbonyl (C=O) groups excluding carboxylic acids is 1. The molecule has 2 aromatic rings. The molecule has 0 bridgehead atoms. The van der Waals surface area contributed by atoms with Gasteiger partial charge in [-0.2, -0.15) is 0 Å². The second-order valence-electron chi connectivity index (χ2n) is 5.69. The van der Waals surface area contributed by atoms with Crippen LogP contribution < -0.4 is 11.1 Å². The zero-order valence-corrected chi connectivity index (χ0v) is 13.8. The molecule has 2 unspecified atom stereocenters. The van der Waals surface area contributed by atoms with Gasteiger partial charge in [0.15, 0.2) is 0 Å². The lowest BCUT2D eigenvalue weighted by Gasteiger charge is -2.20. The van der Waals surface area contributed by atoms with Crippen molar-refractivity contribution < 1.29 is 24.1 Å². The number of nitrogen functional groups attached to an aromatic ring is 1. The summed E-state index contributed by atoms with van der Waals surface area (Å²) < 4.78 is 18.9. The van der Waals surface area contributed by atoms with Gasteiger partial charge in [-0.15, -0.1) is 0 Å². The van der Waals surface area contributed by atoms with Crippen molar-refractivity contribution in [2.45, 2.75) is 25.7 Å². The molecule has 0 radical (unpaired) electrons. The quantitative estimate of drug-likeness (QED) is 0.598. The summed E-state index contributed by atoms with van der Waals surface area (Å²) in [4.78, 5) is 11.6. The van der Waals surface area contributed by atoms with Crippen molar-refractivity contribution in [2.24, 2.45) is 0 Å². The van der Waals surface area contributed by atoms with E-state index in [1.165, 1.54) is 6.07 Å². The zero-order chi connectivity index (χ0) is 18.4. The summed E-state index contributed by atoms with van der Waals surface area (Å²) in [5.41, 5.74) is 7.16. The molecule has 5 N–H and O–H groups in total. The van der Waals surface area contributed by atoms with Gasteiger partial charge in [-0.05, 0) is 30.2 Å². The zero-order valence-electron chi connectivity index (χ0n) is 13.8. The minimum absolute atomic E-state index is 0.0805. The Morgan fingerprint density at radius 3 is 2.64 bits per heavy atom. The van der Waals surface area contributed by atoms with Crippen molar-refractivity contribution >= 4 is 11.8 Å². The summed E-state index contributed by atoms with van der Waals surface area (Å²) in [5, 5.41) is 22.4. The molecule has 0 saturated heterocycles. The Hall–Kier alpha value is -2.64. The Kier molecular flexibility index (Phi) is 6.32. The smallest absolute Gasteiger partial charge is 0.407 e. The maximum absolute atomic E-state index is 13.9. The summed E-state index contributed by atoms with van der Waals surface area (Å²) in [6, 6.07) is 11.5. The monoisotopic (exact) mass is 348 g/mol.